The molecule has 5 heteroatoms. The van der Waals surface area contributed by atoms with E-state index < -0.39 is 0 Å². The maximum absolute atomic E-state index is 12.1. The molecule has 1 heterocycles. The summed E-state index contributed by atoms with van der Waals surface area (Å²) in [6.07, 6.45) is 1.01. The lowest BCUT2D eigenvalue weighted by atomic mass is 10.3. The molecule has 2 rings (SSSR count). The van der Waals surface area contributed by atoms with Crippen LogP contribution in [0.4, 0.5) is 10.5 Å². The van der Waals surface area contributed by atoms with Crippen molar-refractivity contribution in [2.75, 3.05) is 38.5 Å². The van der Waals surface area contributed by atoms with Crippen molar-refractivity contribution in [3.05, 3.63) is 29.3 Å². The summed E-state index contributed by atoms with van der Waals surface area (Å²) in [5.74, 6) is 0. The molecule has 18 heavy (non-hydrogen) atoms. The van der Waals surface area contributed by atoms with Gasteiger partial charge in [-0.1, -0.05) is 17.7 Å². The van der Waals surface area contributed by atoms with Gasteiger partial charge in [0.15, 0.2) is 0 Å². The number of anilines is 1. The Balaban J connectivity index is 1.95. The first-order valence-electron chi connectivity index (χ1n) is 6.15. The van der Waals surface area contributed by atoms with E-state index in [1.54, 1.807) is 12.1 Å². The van der Waals surface area contributed by atoms with Gasteiger partial charge in [-0.3, -0.25) is 0 Å². The topological polar surface area (TPSA) is 35.6 Å². The molecule has 1 N–H and O–H groups in total. The second-order valence-corrected chi connectivity index (χ2v) is 5.02. The highest BCUT2D eigenvalue weighted by Gasteiger charge is 2.17. The number of halogens is 1. The maximum atomic E-state index is 12.1. The van der Waals surface area contributed by atoms with Gasteiger partial charge in [-0.15, -0.1) is 0 Å². The Labute approximate surface area is 113 Å². The van der Waals surface area contributed by atoms with Crippen molar-refractivity contribution in [3.63, 3.8) is 0 Å². The van der Waals surface area contributed by atoms with Crippen LogP contribution < -0.4 is 5.32 Å². The summed E-state index contributed by atoms with van der Waals surface area (Å²) < 4.78 is 0. The molecular formula is C13H18ClN3O. The molecular weight excluding hydrogens is 250 g/mol. The van der Waals surface area contributed by atoms with E-state index in [1.165, 1.54) is 0 Å². The lowest BCUT2D eigenvalue weighted by molar-refractivity contribution is 0.213. The van der Waals surface area contributed by atoms with Gasteiger partial charge in [0.1, 0.15) is 0 Å². The van der Waals surface area contributed by atoms with Crippen molar-refractivity contribution in [3.8, 4) is 0 Å². The van der Waals surface area contributed by atoms with Crippen molar-refractivity contribution >= 4 is 23.3 Å². The summed E-state index contributed by atoms with van der Waals surface area (Å²) in [6.45, 7) is 3.53. The van der Waals surface area contributed by atoms with Crippen LogP contribution in [0.15, 0.2) is 24.3 Å². The number of urea groups is 1. The Kier molecular flexibility index (Phi) is 4.44. The van der Waals surface area contributed by atoms with Gasteiger partial charge in [-0.25, -0.2) is 4.79 Å². The van der Waals surface area contributed by atoms with Crippen molar-refractivity contribution in [2.45, 2.75) is 6.42 Å². The quantitative estimate of drug-likeness (QED) is 0.849. The molecule has 0 bridgehead atoms. The van der Waals surface area contributed by atoms with E-state index in [2.05, 4.69) is 17.3 Å². The van der Waals surface area contributed by atoms with Gasteiger partial charge < -0.3 is 15.1 Å². The van der Waals surface area contributed by atoms with Gasteiger partial charge in [0, 0.05) is 30.3 Å². The minimum Gasteiger partial charge on any atom is -0.323 e. The summed E-state index contributed by atoms with van der Waals surface area (Å²) in [4.78, 5) is 16.2. The van der Waals surface area contributed by atoms with Crippen LogP contribution in [0.25, 0.3) is 0 Å². The molecule has 0 aliphatic carbocycles. The van der Waals surface area contributed by atoms with Crippen molar-refractivity contribution in [2.24, 2.45) is 0 Å². The smallest absolute Gasteiger partial charge is 0.321 e. The molecule has 0 radical (unpaired) electrons. The number of likely N-dealkylation sites (N-methyl/N-ethyl adjacent to an activating group) is 1. The Morgan fingerprint density at radius 3 is 2.89 bits per heavy atom. The number of hydrogen-bond donors (Lipinski definition) is 1. The van der Waals surface area contributed by atoms with Crippen LogP contribution in [0.1, 0.15) is 6.42 Å². The highest BCUT2D eigenvalue weighted by molar-refractivity contribution is 6.30. The van der Waals surface area contributed by atoms with Crippen LogP contribution in [-0.4, -0.2) is 49.1 Å². The Bertz CT molecular complexity index is 424. The lowest BCUT2D eigenvalue weighted by Crippen LogP contribution is -2.37. The first-order chi connectivity index (χ1) is 8.65. The molecule has 0 aromatic heterocycles. The number of rotatable bonds is 1. The average Bonchev–Trinajstić information content (AvgIpc) is 2.54. The monoisotopic (exact) mass is 267 g/mol. The van der Waals surface area contributed by atoms with E-state index in [4.69, 9.17) is 11.6 Å². The van der Waals surface area contributed by atoms with Gasteiger partial charge in [-0.05, 0) is 38.2 Å². The molecule has 1 fully saturated rings. The predicted molar refractivity (Wildman–Crippen MR) is 74.2 cm³/mol. The number of carbonyl (C=O) groups is 1. The zero-order valence-corrected chi connectivity index (χ0v) is 11.3. The third-order valence-corrected chi connectivity index (χ3v) is 3.32. The molecule has 1 aliphatic heterocycles. The third-order valence-electron chi connectivity index (χ3n) is 3.08. The van der Waals surface area contributed by atoms with Gasteiger partial charge >= 0.3 is 6.03 Å². The predicted octanol–water partition coefficient (Wildman–Crippen LogP) is 2.51. The van der Waals surface area contributed by atoms with Crippen molar-refractivity contribution in [1.29, 1.82) is 0 Å². The number of nitrogens with one attached hydrogen (secondary N) is 1. The molecule has 1 aliphatic rings. The van der Waals surface area contributed by atoms with E-state index in [0.717, 1.165) is 38.3 Å². The summed E-state index contributed by atoms with van der Waals surface area (Å²) in [5, 5.41) is 3.51. The summed E-state index contributed by atoms with van der Waals surface area (Å²) >= 11 is 5.89. The van der Waals surface area contributed by atoms with Crippen molar-refractivity contribution < 1.29 is 4.79 Å². The average molecular weight is 268 g/mol. The van der Waals surface area contributed by atoms with E-state index in [1.807, 2.05) is 17.0 Å². The molecule has 98 valence electrons. The number of carbonyl (C=O) groups excluding carboxylic acids is 1. The third kappa shape index (κ3) is 3.62. The maximum Gasteiger partial charge on any atom is 0.321 e. The minimum absolute atomic E-state index is 0.0485. The number of nitrogens with zero attached hydrogens (tertiary/aromatic N) is 2. The van der Waals surface area contributed by atoms with E-state index in [-0.39, 0.29) is 6.03 Å². The lowest BCUT2D eigenvalue weighted by Gasteiger charge is -2.21. The molecule has 4 nitrogen and oxygen atoms in total. The molecule has 0 saturated carbocycles. The van der Waals surface area contributed by atoms with Crippen LogP contribution in [-0.2, 0) is 0 Å². The van der Waals surface area contributed by atoms with E-state index >= 15 is 0 Å². The number of hydrogen-bond acceptors (Lipinski definition) is 2. The van der Waals surface area contributed by atoms with Crippen LogP contribution in [0.5, 0.6) is 0 Å². The van der Waals surface area contributed by atoms with Gasteiger partial charge in [0.05, 0.1) is 0 Å². The number of benzene rings is 1. The van der Waals surface area contributed by atoms with E-state index in [9.17, 15) is 4.79 Å². The first kappa shape index (κ1) is 13.2. The largest absolute Gasteiger partial charge is 0.323 e. The van der Waals surface area contributed by atoms with Crippen molar-refractivity contribution in [1.82, 2.24) is 9.80 Å². The molecule has 1 saturated heterocycles. The molecule has 1 aromatic rings. The van der Waals surface area contributed by atoms with Crippen LogP contribution in [0.2, 0.25) is 5.02 Å². The molecule has 2 amide bonds. The molecule has 1 aromatic carbocycles. The van der Waals surface area contributed by atoms with Crippen LogP contribution >= 0.6 is 11.6 Å². The second-order valence-electron chi connectivity index (χ2n) is 4.58. The summed E-state index contributed by atoms with van der Waals surface area (Å²) in [7, 11) is 2.08. The van der Waals surface area contributed by atoms with Crippen LogP contribution in [0.3, 0.4) is 0 Å². The molecule has 0 unspecified atom stereocenters. The highest BCUT2D eigenvalue weighted by Crippen LogP contribution is 2.15. The van der Waals surface area contributed by atoms with Gasteiger partial charge in [0.2, 0.25) is 0 Å². The summed E-state index contributed by atoms with van der Waals surface area (Å²) in [5.41, 5.74) is 0.741. The Morgan fingerprint density at radius 1 is 1.28 bits per heavy atom. The normalized spacial score (nSPS) is 17.3. The Hall–Kier alpha value is -1.26. The standard InChI is InChI=1S/C13H18ClN3O/c1-16-6-3-7-17(9-8-16)13(18)15-12-5-2-4-11(14)10-12/h2,4-5,10H,3,6-9H2,1H3,(H,15,18). The Morgan fingerprint density at radius 2 is 2.11 bits per heavy atom. The fraction of sp³-hybridized carbons (Fsp3) is 0.462. The highest BCUT2D eigenvalue weighted by atomic mass is 35.5. The zero-order valence-electron chi connectivity index (χ0n) is 10.5. The van der Waals surface area contributed by atoms with E-state index in [0.29, 0.717) is 5.02 Å². The zero-order chi connectivity index (χ0) is 13.0. The molecule has 0 atom stereocenters. The molecule has 0 spiro atoms. The number of amides is 2. The second kappa shape index (κ2) is 6.07. The first-order valence-corrected chi connectivity index (χ1v) is 6.53. The van der Waals surface area contributed by atoms with Gasteiger partial charge in [-0.2, -0.15) is 0 Å². The fourth-order valence-electron chi connectivity index (χ4n) is 2.02. The van der Waals surface area contributed by atoms with Crippen LogP contribution in [0, 0.1) is 0 Å². The minimum atomic E-state index is -0.0485. The SMILES string of the molecule is CN1CCCN(C(=O)Nc2cccc(Cl)c2)CC1. The fourth-order valence-corrected chi connectivity index (χ4v) is 2.21. The van der Waals surface area contributed by atoms with Gasteiger partial charge in [0.25, 0.3) is 0 Å². The summed E-state index contributed by atoms with van der Waals surface area (Å²) in [6, 6.07) is 7.16.